The minimum atomic E-state index is 1.13. The molecule has 7 aromatic carbocycles. The molecule has 0 saturated heterocycles. The predicted octanol–water partition coefficient (Wildman–Crippen LogP) is 11.4. The molecule has 0 aliphatic rings. The van der Waals surface area contributed by atoms with Crippen LogP contribution in [0.5, 0.6) is 0 Å². The molecule has 0 heterocycles. The van der Waals surface area contributed by atoms with Gasteiger partial charge in [0.05, 0.1) is 0 Å². The van der Waals surface area contributed by atoms with Gasteiger partial charge < -0.3 is 9.80 Å². The van der Waals surface area contributed by atoms with Gasteiger partial charge in [0.1, 0.15) is 0 Å². The summed E-state index contributed by atoms with van der Waals surface area (Å²) >= 11 is 0. The van der Waals surface area contributed by atoms with Gasteiger partial charge in [-0.05, 0) is 94.7 Å². The lowest BCUT2D eigenvalue weighted by molar-refractivity contribution is 1.28. The number of hydrogen-bond acceptors (Lipinski definition) is 2. The summed E-state index contributed by atoms with van der Waals surface area (Å²) in [6, 6.07) is 64.4. The van der Waals surface area contributed by atoms with Crippen molar-refractivity contribution in [3.63, 3.8) is 0 Å². The number of benzene rings is 7. The first-order valence-corrected chi connectivity index (χ1v) is 14.3. The Morgan fingerprint density at radius 2 is 0.690 bits per heavy atom. The van der Waals surface area contributed by atoms with E-state index in [1.165, 1.54) is 21.9 Å². The van der Waals surface area contributed by atoms with Gasteiger partial charge in [-0.1, -0.05) is 109 Å². The van der Waals surface area contributed by atoms with Gasteiger partial charge >= 0.3 is 0 Å². The van der Waals surface area contributed by atoms with E-state index >= 15 is 0 Å². The molecule has 0 N–H and O–H groups in total. The van der Waals surface area contributed by atoms with Crippen molar-refractivity contribution < 1.29 is 0 Å². The van der Waals surface area contributed by atoms with Crippen LogP contribution >= 0.6 is 0 Å². The highest BCUT2D eigenvalue weighted by Crippen LogP contribution is 2.39. The second-order valence-corrected chi connectivity index (χ2v) is 10.3. The van der Waals surface area contributed by atoms with Gasteiger partial charge in [-0.25, -0.2) is 0 Å². The second-order valence-electron chi connectivity index (χ2n) is 10.3. The molecule has 2 nitrogen and oxygen atoms in total. The Morgan fingerprint density at radius 1 is 0.286 bits per heavy atom. The van der Waals surface area contributed by atoms with Gasteiger partial charge in [0.25, 0.3) is 0 Å². The van der Waals surface area contributed by atoms with Crippen LogP contribution in [-0.4, -0.2) is 0 Å². The van der Waals surface area contributed by atoms with E-state index in [1.807, 2.05) is 0 Å². The molecule has 0 aromatic heterocycles. The number of para-hydroxylation sites is 4. The molecule has 0 radical (unpaired) electrons. The van der Waals surface area contributed by atoms with E-state index in [0.717, 1.165) is 34.1 Å². The summed E-state index contributed by atoms with van der Waals surface area (Å²) in [5.74, 6) is 0. The van der Waals surface area contributed by atoms with E-state index in [2.05, 4.69) is 192 Å². The second kappa shape index (κ2) is 11.5. The zero-order valence-electron chi connectivity index (χ0n) is 23.2. The summed E-state index contributed by atoms with van der Waals surface area (Å²) in [7, 11) is 0. The molecule has 0 unspecified atom stereocenters. The average molecular weight is 539 g/mol. The van der Waals surface area contributed by atoms with Crippen LogP contribution in [0.3, 0.4) is 0 Å². The molecular weight excluding hydrogens is 508 g/mol. The van der Waals surface area contributed by atoms with Crippen molar-refractivity contribution in [2.24, 2.45) is 0 Å². The van der Waals surface area contributed by atoms with Crippen LogP contribution in [0.15, 0.2) is 182 Å². The first-order chi connectivity index (χ1) is 20.8. The Kier molecular flexibility index (Phi) is 6.94. The number of anilines is 6. The standard InChI is InChI=1S/C40H30N2/c1-5-15-33(16-6-1)41(34-17-7-2-8-18-34)37-26-24-31(25-27-37)39-23-13-14-32-30-38(28-29-40(32)39)42(35-19-9-3-10-20-35)36-21-11-4-12-22-36/h1-30H. The largest absolute Gasteiger partial charge is 0.311 e. The lowest BCUT2D eigenvalue weighted by atomic mass is 9.97. The maximum atomic E-state index is 2.31. The summed E-state index contributed by atoms with van der Waals surface area (Å²) < 4.78 is 0. The van der Waals surface area contributed by atoms with Crippen molar-refractivity contribution >= 4 is 44.9 Å². The van der Waals surface area contributed by atoms with E-state index in [-0.39, 0.29) is 0 Å². The molecule has 200 valence electrons. The van der Waals surface area contributed by atoms with Crippen molar-refractivity contribution in [2.75, 3.05) is 9.80 Å². The van der Waals surface area contributed by atoms with Crippen LogP contribution in [0.2, 0.25) is 0 Å². The van der Waals surface area contributed by atoms with E-state index in [0.29, 0.717) is 0 Å². The van der Waals surface area contributed by atoms with Crippen LogP contribution in [0, 0.1) is 0 Å². The van der Waals surface area contributed by atoms with Crippen LogP contribution in [0.4, 0.5) is 34.1 Å². The summed E-state index contributed by atoms with van der Waals surface area (Å²) in [4.78, 5) is 4.60. The minimum Gasteiger partial charge on any atom is -0.311 e. The van der Waals surface area contributed by atoms with Gasteiger partial charge in [0.2, 0.25) is 0 Å². The van der Waals surface area contributed by atoms with Crippen LogP contribution in [0.25, 0.3) is 21.9 Å². The van der Waals surface area contributed by atoms with Crippen molar-refractivity contribution in [3.8, 4) is 11.1 Å². The lowest BCUT2D eigenvalue weighted by Gasteiger charge is -2.26. The first-order valence-electron chi connectivity index (χ1n) is 14.3. The molecule has 42 heavy (non-hydrogen) atoms. The molecule has 0 bridgehead atoms. The number of nitrogens with zero attached hydrogens (tertiary/aromatic N) is 2. The summed E-state index contributed by atoms with van der Waals surface area (Å²) in [5, 5.41) is 2.44. The molecule has 0 aliphatic carbocycles. The van der Waals surface area contributed by atoms with Gasteiger partial charge in [0.15, 0.2) is 0 Å². The van der Waals surface area contributed by atoms with Crippen molar-refractivity contribution in [1.82, 2.24) is 0 Å². The van der Waals surface area contributed by atoms with E-state index < -0.39 is 0 Å². The quantitative estimate of drug-likeness (QED) is 0.199. The van der Waals surface area contributed by atoms with Crippen molar-refractivity contribution in [2.45, 2.75) is 0 Å². The fourth-order valence-electron chi connectivity index (χ4n) is 5.65. The van der Waals surface area contributed by atoms with E-state index in [1.54, 1.807) is 0 Å². The maximum absolute atomic E-state index is 2.31. The Bertz CT molecular complexity index is 1820. The Labute approximate surface area is 247 Å². The summed E-state index contributed by atoms with van der Waals surface area (Å²) in [5.41, 5.74) is 9.22. The topological polar surface area (TPSA) is 6.48 Å². The highest BCUT2D eigenvalue weighted by molar-refractivity contribution is 5.99. The molecule has 0 atom stereocenters. The highest BCUT2D eigenvalue weighted by atomic mass is 15.1. The number of fused-ring (bicyclic) bond motifs is 1. The molecule has 0 amide bonds. The Balaban J connectivity index is 1.27. The molecule has 7 rings (SSSR count). The van der Waals surface area contributed by atoms with Gasteiger partial charge in [0, 0.05) is 34.1 Å². The molecule has 0 saturated carbocycles. The van der Waals surface area contributed by atoms with Crippen molar-refractivity contribution in [3.05, 3.63) is 182 Å². The third kappa shape index (κ3) is 5.02. The molecule has 0 fully saturated rings. The highest BCUT2D eigenvalue weighted by Gasteiger charge is 2.15. The SMILES string of the molecule is c1ccc(N(c2ccccc2)c2ccc(-c3cccc4cc(N(c5ccccc5)c5ccccc5)ccc34)cc2)cc1. The lowest BCUT2D eigenvalue weighted by Crippen LogP contribution is -2.09. The molecule has 0 aliphatic heterocycles. The van der Waals surface area contributed by atoms with Crippen LogP contribution in [-0.2, 0) is 0 Å². The van der Waals surface area contributed by atoms with Gasteiger partial charge in [-0.3, -0.25) is 0 Å². The third-order valence-corrected chi connectivity index (χ3v) is 7.62. The minimum absolute atomic E-state index is 1.13. The maximum Gasteiger partial charge on any atom is 0.0468 e. The van der Waals surface area contributed by atoms with E-state index in [9.17, 15) is 0 Å². The normalized spacial score (nSPS) is 10.9. The average Bonchev–Trinajstić information content (AvgIpc) is 3.07. The van der Waals surface area contributed by atoms with Gasteiger partial charge in [-0.2, -0.15) is 0 Å². The zero-order valence-corrected chi connectivity index (χ0v) is 23.2. The number of hydrogen-bond donors (Lipinski definition) is 0. The third-order valence-electron chi connectivity index (χ3n) is 7.62. The van der Waals surface area contributed by atoms with Crippen LogP contribution in [0.1, 0.15) is 0 Å². The molecule has 2 heteroatoms. The zero-order chi connectivity index (χ0) is 28.1. The molecular formula is C40H30N2. The fourth-order valence-corrected chi connectivity index (χ4v) is 5.65. The van der Waals surface area contributed by atoms with Crippen molar-refractivity contribution in [1.29, 1.82) is 0 Å². The van der Waals surface area contributed by atoms with Gasteiger partial charge in [-0.15, -0.1) is 0 Å². The summed E-state index contributed by atoms with van der Waals surface area (Å²) in [6.07, 6.45) is 0. The number of rotatable bonds is 7. The molecule has 0 spiro atoms. The summed E-state index contributed by atoms with van der Waals surface area (Å²) in [6.45, 7) is 0. The van der Waals surface area contributed by atoms with Crippen LogP contribution < -0.4 is 9.80 Å². The molecule has 7 aromatic rings. The Hall–Kier alpha value is -5.60. The first kappa shape index (κ1) is 25.4. The van der Waals surface area contributed by atoms with E-state index in [4.69, 9.17) is 0 Å². The Morgan fingerprint density at radius 3 is 1.17 bits per heavy atom. The fraction of sp³-hybridized carbons (Fsp3) is 0. The monoisotopic (exact) mass is 538 g/mol. The smallest absolute Gasteiger partial charge is 0.0468 e. The predicted molar refractivity (Wildman–Crippen MR) is 179 cm³/mol.